The molecule has 2 aromatic rings. The number of carbonyl (C=O) groups is 1. The molecular weight excluding hydrogens is 379 g/mol. The molecule has 110 valence electrons. The van der Waals surface area contributed by atoms with Crippen LogP contribution in [0.1, 0.15) is 0 Å². The van der Waals surface area contributed by atoms with Crippen LogP contribution in [-0.4, -0.2) is 12.5 Å². The number of halogens is 3. The highest BCUT2D eigenvalue weighted by Gasteiger charge is 2.12. The summed E-state index contributed by atoms with van der Waals surface area (Å²) < 4.78 is 6.13. The summed E-state index contributed by atoms with van der Waals surface area (Å²) >= 11 is 15.3. The number of nitrogen functional groups attached to an aromatic ring is 1. The zero-order chi connectivity index (χ0) is 15.4. The Morgan fingerprint density at radius 2 is 1.86 bits per heavy atom. The largest absolute Gasteiger partial charge is 0.481 e. The summed E-state index contributed by atoms with van der Waals surface area (Å²) in [7, 11) is 0. The van der Waals surface area contributed by atoms with Crippen molar-refractivity contribution >= 4 is 56.4 Å². The van der Waals surface area contributed by atoms with Crippen LogP contribution in [0.4, 0.5) is 11.4 Å². The monoisotopic (exact) mass is 388 g/mol. The van der Waals surface area contributed by atoms with Crippen molar-refractivity contribution in [2.75, 3.05) is 17.7 Å². The smallest absolute Gasteiger partial charge is 0.262 e. The molecule has 2 rings (SSSR count). The number of para-hydroxylation sites is 1. The number of nitrogens with two attached hydrogens (primary N) is 1. The van der Waals surface area contributed by atoms with Crippen LogP contribution in [0.3, 0.4) is 0 Å². The second kappa shape index (κ2) is 7.02. The fourth-order valence-electron chi connectivity index (χ4n) is 1.60. The molecule has 0 aliphatic rings. The van der Waals surface area contributed by atoms with Gasteiger partial charge in [0.05, 0.1) is 15.7 Å². The third kappa shape index (κ3) is 4.27. The summed E-state index contributed by atoms with van der Waals surface area (Å²) in [6, 6.07) is 10.3. The zero-order valence-corrected chi connectivity index (χ0v) is 13.8. The van der Waals surface area contributed by atoms with Gasteiger partial charge >= 0.3 is 0 Å². The first kappa shape index (κ1) is 15.9. The van der Waals surface area contributed by atoms with E-state index in [1.807, 2.05) is 18.2 Å². The van der Waals surface area contributed by atoms with Gasteiger partial charge in [-0.2, -0.15) is 0 Å². The van der Waals surface area contributed by atoms with E-state index in [-0.39, 0.29) is 28.3 Å². The summed E-state index contributed by atoms with van der Waals surface area (Å²) in [6.45, 7) is -0.218. The van der Waals surface area contributed by atoms with E-state index in [0.29, 0.717) is 11.4 Å². The first-order valence-corrected chi connectivity index (χ1v) is 7.44. The molecule has 0 saturated carbocycles. The summed E-state index contributed by atoms with van der Waals surface area (Å²) in [4.78, 5) is 11.9. The second-order valence-corrected chi connectivity index (χ2v) is 5.80. The summed E-state index contributed by atoms with van der Waals surface area (Å²) in [5, 5.41) is 3.23. The molecule has 0 atom stereocenters. The minimum atomic E-state index is -0.328. The van der Waals surface area contributed by atoms with E-state index >= 15 is 0 Å². The van der Waals surface area contributed by atoms with Gasteiger partial charge in [0, 0.05) is 10.2 Å². The van der Waals surface area contributed by atoms with Gasteiger partial charge in [-0.05, 0) is 40.2 Å². The van der Waals surface area contributed by atoms with Gasteiger partial charge in [0.2, 0.25) is 0 Å². The first-order chi connectivity index (χ1) is 9.97. The number of nitrogens with one attached hydrogen (secondary N) is 1. The summed E-state index contributed by atoms with van der Waals surface area (Å²) in [6.07, 6.45) is 0. The Morgan fingerprint density at radius 1 is 1.24 bits per heavy atom. The van der Waals surface area contributed by atoms with Crippen LogP contribution in [0.15, 0.2) is 40.9 Å². The van der Waals surface area contributed by atoms with Gasteiger partial charge in [0.15, 0.2) is 12.4 Å². The van der Waals surface area contributed by atoms with Crippen molar-refractivity contribution in [1.82, 2.24) is 0 Å². The molecule has 0 radical (unpaired) electrons. The third-order valence-electron chi connectivity index (χ3n) is 2.52. The first-order valence-electron chi connectivity index (χ1n) is 5.89. The van der Waals surface area contributed by atoms with Crippen molar-refractivity contribution in [2.45, 2.75) is 0 Å². The van der Waals surface area contributed by atoms with Crippen LogP contribution in [0, 0.1) is 0 Å². The maximum atomic E-state index is 11.9. The Kier molecular flexibility index (Phi) is 5.33. The number of benzene rings is 2. The lowest BCUT2D eigenvalue weighted by Crippen LogP contribution is -2.20. The van der Waals surface area contributed by atoms with Crippen LogP contribution >= 0.6 is 39.1 Å². The number of rotatable bonds is 4. The van der Waals surface area contributed by atoms with E-state index in [4.69, 9.17) is 33.7 Å². The molecule has 2 aromatic carbocycles. The zero-order valence-electron chi connectivity index (χ0n) is 10.7. The highest BCUT2D eigenvalue weighted by Crippen LogP contribution is 2.35. The molecule has 0 bridgehead atoms. The molecule has 1 amide bonds. The fourth-order valence-corrected chi connectivity index (χ4v) is 2.60. The Labute approximate surface area is 140 Å². The molecule has 0 fully saturated rings. The summed E-state index contributed by atoms with van der Waals surface area (Å²) in [5.41, 5.74) is 6.67. The Balaban J connectivity index is 2.01. The van der Waals surface area contributed by atoms with Crippen molar-refractivity contribution < 1.29 is 9.53 Å². The van der Waals surface area contributed by atoms with Crippen LogP contribution in [-0.2, 0) is 4.79 Å². The molecule has 4 nitrogen and oxygen atoms in total. The molecule has 7 heteroatoms. The van der Waals surface area contributed by atoms with E-state index in [1.165, 1.54) is 12.1 Å². The number of anilines is 2. The van der Waals surface area contributed by atoms with E-state index in [1.54, 1.807) is 6.07 Å². The van der Waals surface area contributed by atoms with Crippen molar-refractivity contribution in [1.29, 1.82) is 0 Å². The third-order valence-corrected chi connectivity index (χ3v) is 3.77. The number of amides is 1. The normalized spacial score (nSPS) is 10.2. The molecule has 0 spiro atoms. The number of ether oxygens (including phenoxy) is 1. The maximum absolute atomic E-state index is 11.9. The average Bonchev–Trinajstić information content (AvgIpc) is 2.40. The van der Waals surface area contributed by atoms with E-state index < -0.39 is 0 Å². The molecule has 0 aliphatic heterocycles. The van der Waals surface area contributed by atoms with Gasteiger partial charge in [-0.25, -0.2) is 0 Å². The number of carbonyl (C=O) groups excluding carboxylic acids is 1. The van der Waals surface area contributed by atoms with Gasteiger partial charge in [-0.1, -0.05) is 35.3 Å². The van der Waals surface area contributed by atoms with Crippen LogP contribution < -0.4 is 15.8 Å². The molecule has 0 heterocycles. The topological polar surface area (TPSA) is 64.3 Å². The lowest BCUT2D eigenvalue weighted by molar-refractivity contribution is -0.118. The molecule has 21 heavy (non-hydrogen) atoms. The fraction of sp³-hybridized carbons (Fsp3) is 0.0714. The van der Waals surface area contributed by atoms with Crippen LogP contribution in [0.25, 0.3) is 0 Å². The molecule has 0 aliphatic carbocycles. The quantitative estimate of drug-likeness (QED) is 0.763. The van der Waals surface area contributed by atoms with Gasteiger partial charge in [0.1, 0.15) is 0 Å². The highest BCUT2D eigenvalue weighted by atomic mass is 79.9. The second-order valence-electron chi connectivity index (χ2n) is 4.13. The van der Waals surface area contributed by atoms with Crippen molar-refractivity contribution in [3.63, 3.8) is 0 Å². The molecule has 3 N–H and O–H groups in total. The van der Waals surface area contributed by atoms with Gasteiger partial charge in [-0.3, -0.25) is 4.79 Å². The van der Waals surface area contributed by atoms with Gasteiger partial charge in [-0.15, -0.1) is 0 Å². The maximum Gasteiger partial charge on any atom is 0.262 e. The minimum Gasteiger partial charge on any atom is -0.481 e. The minimum absolute atomic E-state index is 0.218. The van der Waals surface area contributed by atoms with Crippen molar-refractivity contribution in [3.05, 3.63) is 50.9 Å². The molecular formula is C14H11BrCl2N2O2. The highest BCUT2D eigenvalue weighted by molar-refractivity contribution is 9.10. The van der Waals surface area contributed by atoms with E-state index in [0.717, 1.165) is 4.47 Å². The number of hydrogen-bond donors (Lipinski definition) is 2. The summed E-state index contributed by atoms with van der Waals surface area (Å²) in [5.74, 6) is -0.0966. The van der Waals surface area contributed by atoms with E-state index in [2.05, 4.69) is 21.2 Å². The Bertz CT molecular complexity index is 657. The molecule has 0 aromatic heterocycles. The number of hydrogen-bond acceptors (Lipinski definition) is 3. The predicted octanol–water partition coefficient (Wildman–Crippen LogP) is 4.36. The Hall–Kier alpha value is -1.43. The molecule has 0 unspecified atom stereocenters. The lowest BCUT2D eigenvalue weighted by Gasteiger charge is -2.11. The van der Waals surface area contributed by atoms with Gasteiger partial charge in [0.25, 0.3) is 5.91 Å². The van der Waals surface area contributed by atoms with Crippen molar-refractivity contribution in [2.24, 2.45) is 0 Å². The van der Waals surface area contributed by atoms with Gasteiger partial charge < -0.3 is 15.8 Å². The predicted molar refractivity (Wildman–Crippen MR) is 89.1 cm³/mol. The van der Waals surface area contributed by atoms with Crippen molar-refractivity contribution in [3.8, 4) is 5.75 Å². The standard InChI is InChI=1S/C14H11BrCl2N2O2/c15-9-3-1-2-4-12(9)19-13(20)7-21-14-10(16)5-8(18)6-11(14)17/h1-6H,7,18H2,(H,19,20). The average molecular weight is 390 g/mol. The Morgan fingerprint density at radius 3 is 2.48 bits per heavy atom. The molecule has 0 saturated heterocycles. The SMILES string of the molecule is Nc1cc(Cl)c(OCC(=O)Nc2ccccc2Br)c(Cl)c1. The lowest BCUT2D eigenvalue weighted by atomic mass is 10.3. The van der Waals surface area contributed by atoms with Crippen LogP contribution in [0.5, 0.6) is 5.75 Å². The van der Waals surface area contributed by atoms with Crippen LogP contribution in [0.2, 0.25) is 10.0 Å². The van der Waals surface area contributed by atoms with E-state index in [9.17, 15) is 4.79 Å².